The van der Waals surface area contributed by atoms with E-state index in [0.717, 1.165) is 32.6 Å². The maximum atomic E-state index is 13.8. The standard InChI is InChI=1S/C13H17FN2O3/c14-13-11(2-1-3-12(13)16(17)18)9-15-8-10-4-6-19-7-5-10/h1-3,10,15H,4-9H2. The van der Waals surface area contributed by atoms with E-state index in [4.69, 9.17) is 4.74 Å². The molecule has 0 saturated carbocycles. The summed E-state index contributed by atoms with van der Waals surface area (Å²) in [7, 11) is 0. The predicted octanol–water partition coefficient (Wildman–Crippen LogP) is 2.25. The number of halogens is 1. The second-order valence-corrected chi connectivity index (χ2v) is 4.69. The Hall–Kier alpha value is -1.53. The summed E-state index contributed by atoms with van der Waals surface area (Å²) in [5.41, 5.74) is -0.133. The van der Waals surface area contributed by atoms with Crippen LogP contribution in [0.25, 0.3) is 0 Å². The maximum absolute atomic E-state index is 13.8. The Morgan fingerprint density at radius 1 is 1.42 bits per heavy atom. The van der Waals surface area contributed by atoms with E-state index in [2.05, 4.69) is 5.32 Å². The summed E-state index contributed by atoms with van der Waals surface area (Å²) in [6, 6.07) is 4.25. The summed E-state index contributed by atoms with van der Waals surface area (Å²) in [4.78, 5) is 9.93. The molecule has 19 heavy (non-hydrogen) atoms. The van der Waals surface area contributed by atoms with E-state index in [0.29, 0.717) is 18.0 Å². The zero-order chi connectivity index (χ0) is 13.7. The maximum Gasteiger partial charge on any atom is 0.305 e. The van der Waals surface area contributed by atoms with Crippen molar-refractivity contribution in [2.24, 2.45) is 5.92 Å². The van der Waals surface area contributed by atoms with Crippen LogP contribution in [0.1, 0.15) is 18.4 Å². The Bertz CT molecular complexity index is 448. The summed E-state index contributed by atoms with van der Waals surface area (Å²) in [6.07, 6.45) is 2.01. The van der Waals surface area contributed by atoms with Gasteiger partial charge in [0.15, 0.2) is 0 Å². The van der Waals surface area contributed by atoms with E-state index in [1.54, 1.807) is 6.07 Å². The molecule has 1 aliphatic heterocycles. The summed E-state index contributed by atoms with van der Waals surface area (Å²) in [5, 5.41) is 13.8. The number of benzene rings is 1. The van der Waals surface area contributed by atoms with Gasteiger partial charge in [0, 0.05) is 31.4 Å². The van der Waals surface area contributed by atoms with E-state index < -0.39 is 16.4 Å². The molecule has 0 radical (unpaired) electrons. The van der Waals surface area contributed by atoms with Crippen LogP contribution in [0.15, 0.2) is 18.2 Å². The molecule has 1 saturated heterocycles. The third kappa shape index (κ3) is 3.71. The lowest BCUT2D eigenvalue weighted by Crippen LogP contribution is -2.27. The normalized spacial score (nSPS) is 16.5. The largest absolute Gasteiger partial charge is 0.381 e. The van der Waals surface area contributed by atoms with Gasteiger partial charge in [-0.2, -0.15) is 4.39 Å². The van der Waals surface area contributed by atoms with Crippen LogP contribution in [-0.4, -0.2) is 24.7 Å². The quantitative estimate of drug-likeness (QED) is 0.657. The zero-order valence-corrected chi connectivity index (χ0v) is 10.6. The van der Waals surface area contributed by atoms with Crippen molar-refractivity contribution >= 4 is 5.69 Å². The molecule has 0 spiro atoms. The van der Waals surface area contributed by atoms with Crippen molar-refractivity contribution in [2.75, 3.05) is 19.8 Å². The number of ether oxygens (including phenoxy) is 1. The van der Waals surface area contributed by atoms with Crippen LogP contribution in [0.4, 0.5) is 10.1 Å². The molecule has 0 amide bonds. The number of hydrogen-bond acceptors (Lipinski definition) is 4. The third-order valence-corrected chi connectivity index (χ3v) is 3.34. The van der Waals surface area contributed by atoms with E-state index in [1.165, 1.54) is 12.1 Å². The molecule has 1 aliphatic rings. The highest BCUT2D eigenvalue weighted by Crippen LogP contribution is 2.20. The fraction of sp³-hybridized carbons (Fsp3) is 0.538. The molecule has 1 aromatic rings. The molecule has 0 aliphatic carbocycles. The fourth-order valence-corrected chi connectivity index (χ4v) is 2.21. The first-order valence-corrected chi connectivity index (χ1v) is 6.38. The number of nitro benzene ring substituents is 1. The Kier molecular flexibility index (Phi) is 4.81. The zero-order valence-electron chi connectivity index (χ0n) is 10.6. The second-order valence-electron chi connectivity index (χ2n) is 4.69. The molecule has 0 bridgehead atoms. The first-order valence-electron chi connectivity index (χ1n) is 6.38. The molecular weight excluding hydrogens is 251 g/mol. The average molecular weight is 268 g/mol. The van der Waals surface area contributed by atoms with Crippen LogP contribution in [0.5, 0.6) is 0 Å². The Balaban J connectivity index is 1.88. The minimum Gasteiger partial charge on any atom is -0.381 e. The van der Waals surface area contributed by atoms with Gasteiger partial charge in [-0.1, -0.05) is 12.1 Å². The number of nitrogens with one attached hydrogen (secondary N) is 1. The van der Waals surface area contributed by atoms with E-state index in [1.807, 2.05) is 0 Å². The highest BCUT2D eigenvalue weighted by atomic mass is 19.1. The molecule has 1 aromatic carbocycles. The van der Waals surface area contributed by atoms with Crippen molar-refractivity contribution in [1.82, 2.24) is 5.32 Å². The molecule has 104 valence electrons. The molecule has 1 heterocycles. The van der Waals surface area contributed by atoms with Gasteiger partial charge < -0.3 is 10.1 Å². The highest BCUT2D eigenvalue weighted by Gasteiger charge is 2.17. The van der Waals surface area contributed by atoms with Crippen LogP contribution in [0.3, 0.4) is 0 Å². The first-order chi connectivity index (χ1) is 9.18. The van der Waals surface area contributed by atoms with Gasteiger partial charge in [0.2, 0.25) is 5.82 Å². The molecule has 2 rings (SSSR count). The van der Waals surface area contributed by atoms with E-state index in [9.17, 15) is 14.5 Å². The summed E-state index contributed by atoms with van der Waals surface area (Å²) in [5.74, 6) is -0.206. The summed E-state index contributed by atoms with van der Waals surface area (Å²) in [6.45, 7) is 2.64. The average Bonchev–Trinajstić information content (AvgIpc) is 2.41. The van der Waals surface area contributed by atoms with Crippen LogP contribution in [0, 0.1) is 21.8 Å². The summed E-state index contributed by atoms with van der Waals surface area (Å²) < 4.78 is 19.0. The fourth-order valence-electron chi connectivity index (χ4n) is 2.21. The molecule has 6 heteroatoms. The SMILES string of the molecule is O=[N+]([O-])c1cccc(CNCC2CCOCC2)c1F. The lowest BCUT2D eigenvalue weighted by atomic mass is 10.0. The van der Waals surface area contributed by atoms with Crippen LogP contribution >= 0.6 is 0 Å². The Labute approximate surface area is 110 Å². The van der Waals surface area contributed by atoms with Gasteiger partial charge in [-0.3, -0.25) is 10.1 Å². The van der Waals surface area contributed by atoms with Gasteiger partial charge >= 0.3 is 5.69 Å². The van der Waals surface area contributed by atoms with Crippen molar-refractivity contribution in [2.45, 2.75) is 19.4 Å². The van der Waals surface area contributed by atoms with Crippen LogP contribution in [0.2, 0.25) is 0 Å². The minimum absolute atomic E-state index is 0.310. The Morgan fingerprint density at radius 3 is 2.84 bits per heavy atom. The van der Waals surface area contributed by atoms with Crippen molar-refractivity contribution in [3.05, 3.63) is 39.7 Å². The predicted molar refractivity (Wildman–Crippen MR) is 68.3 cm³/mol. The van der Waals surface area contributed by atoms with Gasteiger partial charge in [0.1, 0.15) is 0 Å². The smallest absolute Gasteiger partial charge is 0.305 e. The van der Waals surface area contributed by atoms with Gasteiger partial charge in [-0.15, -0.1) is 0 Å². The molecule has 0 atom stereocenters. The number of hydrogen-bond donors (Lipinski definition) is 1. The third-order valence-electron chi connectivity index (χ3n) is 3.34. The Morgan fingerprint density at radius 2 is 2.16 bits per heavy atom. The van der Waals surface area contributed by atoms with Crippen molar-refractivity contribution in [3.63, 3.8) is 0 Å². The topological polar surface area (TPSA) is 64.4 Å². The molecule has 5 nitrogen and oxygen atoms in total. The minimum atomic E-state index is -0.744. The van der Waals surface area contributed by atoms with Gasteiger partial charge in [-0.05, 0) is 25.3 Å². The molecule has 1 fully saturated rings. The van der Waals surface area contributed by atoms with Crippen molar-refractivity contribution in [1.29, 1.82) is 0 Å². The van der Waals surface area contributed by atoms with Gasteiger partial charge in [-0.25, -0.2) is 0 Å². The second kappa shape index (κ2) is 6.58. The number of rotatable bonds is 5. The number of nitrogens with zero attached hydrogens (tertiary/aromatic N) is 1. The lowest BCUT2D eigenvalue weighted by Gasteiger charge is -2.22. The first kappa shape index (κ1) is 13.9. The van der Waals surface area contributed by atoms with Crippen molar-refractivity contribution < 1.29 is 14.1 Å². The van der Waals surface area contributed by atoms with Gasteiger partial charge in [0.05, 0.1) is 4.92 Å². The van der Waals surface area contributed by atoms with Crippen molar-refractivity contribution in [3.8, 4) is 0 Å². The van der Waals surface area contributed by atoms with Crippen LogP contribution in [-0.2, 0) is 11.3 Å². The highest BCUT2D eigenvalue weighted by molar-refractivity contribution is 5.36. The molecule has 0 unspecified atom stereocenters. The molecular formula is C13H17FN2O3. The van der Waals surface area contributed by atoms with Gasteiger partial charge in [0.25, 0.3) is 0 Å². The van der Waals surface area contributed by atoms with Crippen LogP contribution < -0.4 is 5.32 Å². The number of nitro groups is 1. The monoisotopic (exact) mass is 268 g/mol. The van der Waals surface area contributed by atoms with E-state index in [-0.39, 0.29) is 0 Å². The molecule has 0 aromatic heterocycles. The molecule has 1 N–H and O–H groups in total. The lowest BCUT2D eigenvalue weighted by molar-refractivity contribution is -0.387. The summed E-state index contributed by atoms with van der Waals surface area (Å²) >= 11 is 0. The van der Waals surface area contributed by atoms with E-state index >= 15 is 0 Å².